The molecule has 0 bridgehead atoms. The van der Waals surface area contributed by atoms with E-state index in [-0.39, 0.29) is 11.4 Å². The number of hydrogen-bond acceptors (Lipinski definition) is 6. The largest absolute Gasteiger partial charge is 0.595 e. The van der Waals surface area contributed by atoms with E-state index < -0.39 is 5.23 Å². The monoisotopic (exact) mass is 308 g/mol. The lowest BCUT2D eigenvalue weighted by atomic mass is 10.3. The number of nitriles is 1. The predicted molar refractivity (Wildman–Crippen MR) is 84.1 cm³/mol. The van der Waals surface area contributed by atoms with Crippen LogP contribution in [0.4, 0.5) is 11.4 Å². The molecule has 0 saturated carbocycles. The Morgan fingerprint density at radius 3 is 2.74 bits per heavy atom. The molecule has 0 aliphatic carbocycles. The van der Waals surface area contributed by atoms with E-state index in [4.69, 9.17) is 5.21 Å². The average molecular weight is 308 g/mol. The smallest absolute Gasteiger partial charge is 0.203 e. The van der Waals surface area contributed by atoms with Gasteiger partial charge < -0.3 is 10.2 Å². The van der Waals surface area contributed by atoms with E-state index in [9.17, 15) is 10.5 Å². The lowest BCUT2D eigenvalue weighted by Gasteiger charge is -2.14. The molecule has 1 aromatic heterocycles. The van der Waals surface area contributed by atoms with Gasteiger partial charge in [0.25, 0.3) is 0 Å². The maximum Gasteiger partial charge on any atom is 0.203 e. The number of benzene rings is 2. The van der Waals surface area contributed by atoms with Crippen molar-refractivity contribution >= 4 is 28.1 Å². The molecule has 23 heavy (non-hydrogen) atoms. The van der Waals surface area contributed by atoms with Crippen LogP contribution < -0.4 is 10.7 Å². The summed E-state index contributed by atoms with van der Waals surface area (Å²) in [6.07, 6.45) is 0. The lowest BCUT2D eigenvalue weighted by molar-refractivity contribution is -0.990. The van der Waals surface area contributed by atoms with E-state index in [2.05, 4.69) is 20.5 Å². The minimum absolute atomic E-state index is 0.0291. The van der Waals surface area contributed by atoms with Crippen molar-refractivity contribution in [3.8, 4) is 6.07 Å². The van der Waals surface area contributed by atoms with Crippen LogP contribution in [0.2, 0.25) is 0 Å². The number of hydrazone groups is 1. The molecule has 4 N–H and O–H groups in total. The molecule has 1 atom stereocenters. The second-order valence-electron chi connectivity index (χ2n) is 4.64. The molecule has 8 heteroatoms. The van der Waals surface area contributed by atoms with Gasteiger partial charge in [-0.25, -0.2) is 10.2 Å². The first-order valence-electron chi connectivity index (χ1n) is 6.70. The van der Waals surface area contributed by atoms with Gasteiger partial charge in [-0.05, 0) is 18.2 Å². The normalized spacial score (nSPS) is 12.8. The topological polar surface area (TPSA) is 125 Å². The SMILES string of the molecule is N#CC(=NNc1ccccc1[NH+]([O-])O)c1nc2ccccc2[nH]1. The van der Waals surface area contributed by atoms with Crippen LogP contribution in [0.1, 0.15) is 5.82 Å². The Labute approximate surface area is 130 Å². The fourth-order valence-corrected chi connectivity index (χ4v) is 2.08. The molecule has 0 radical (unpaired) electrons. The predicted octanol–water partition coefficient (Wildman–Crippen LogP) is 1.31. The van der Waals surface area contributed by atoms with Gasteiger partial charge >= 0.3 is 0 Å². The maximum atomic E-state index is 11.2. The number of rotatable bonds is 4. The van der Waals surface area contributed by atoms with Crippen LogP contribution in [0.5, 0.6) is 0 Å². The molecule has 0 aliphatic rings. The van der Waals surface area contributed by atoms with Crippen molar-refractivity contribution in [1.29, 1.82) is 5.26 Å². The van der Waals surface area contributed by atoms with Crippen molar-refractivity contribution in [3.05, 3.63) is 59.6 Å². The van der Waals surface area contributed by atoms with E-state index in [1.165, 1.54) is 6.07 Å². The van der Waals surface area contributed by atoms with E-state index in [1.807, 2.05) is 30.3 Å². The Hall–Kier alpha value is -3.25. The molecule has 3 rings (SSSR count). The number of fused-ring (bicyclic) bond motifs is 1. The number of anilines is 1. The van der Waals surface area contributed by atoms with E-state index in [0.717, 1.165) is 11.0 Å². The first kappa shape index (κ1) is 14.7. The molecular formula is C15H12N6O2. The third kappa shape index (κ3) is 3.02. The minimum atomic E-state index is -1.08. The van der Waals surface area contributed by atoms with Crippen molar-refractivity contribution in [2.45, 2.75) is 0 Å². The number of hydrogen-bond donors (Lipinski definition) is 4. The maximum absolute atomic E-state index is 11.2. The molecule has 114 valence electrons. The van der Waals surface area contributed by atoms with Gasteiger partial charge in [0, 0.05) is 6.07 Å². The Morgan fingerprint density at radius 2 is 2.00 bits per heavy atom. The Bertz CT molecular complexity index is 876. The molecule has 0 spiro atoms. The van der Waals surface area contributed by atoms with Crippen LogP contribution in [0.3, 0.4) is 0 Å². The summed E-state index contributed by atoms with van der Waals surface area (Å²) < 4.78 is 0. The highest BCUT2D eigenvalue weighted by Crippen LogP contribution is 2.17. The zero-order chi connectivity index (χ0) is 16.2. The van der Waals surface area contributed by atoms with Gasteiger partial charge in [0.05, 0.1) is 11.0 Å². The molecule has 0 fully saturated rings. The Balaban J connectivity index is 1.92. The highest BCUT2D eigenvalue weighted by Gasteiger charge is 2.11. The highest BCUT2D eigenvalue weighted by molar-refractivity contribution is 6.10. The molecule has 3 aromatic rings. The van der Waals surface area contributed by atoms with Crippen molar-refractivity contribution in [2.75, 3.05) is 5.43 Å². The van der Waals surface area contributed by atoms with E-state index in [1.54, 1.807) is 18.2 Å². The molecule has 1 unspecified atom stereocenters. The summed E-state index contributed by atoms with van der Waals surface area (Å²) >= 11 is 0. The third-order valence-electron chi connectivity index (χ3n) is 3.17. The number of aromatic amines is 1. The number of quaternary nitrogens is 1. The summed E-state index contributed by atoms with van der Waals surface area (Å²) in [5, 5.41) is 32.4. The molecule has 1 heterocycles. The number of nitrogens with zero attached hydrogens (tertiary/aromatic N) is 3. The summed E-state index contributed by atoms with van der Waals surface area (Å²) in [6.45, 7) is 0. The van der Waals surface area contributed by atoms with Gasteiger partial charge in [0.2, 0.25) is 5.71 Å². The Morgan fingerprint density at radius 1 is 1.26 bits per heavy atom. The van der Waals surface area contributed by atoms with Crippen LogP contribution in [0.25, 0.3) is 11.0 Å². The molecule has 2 aromatic carbocycles. The third-order valence-corrected chi connectivity index (χ3v) is 3.17. The zero-order valence-corrected chi connectivity index (χ0v) is 11.8. The van der Waals surface area contributed by atoms with Gasteiger partial charge in [0.15, 0.2) is 11.5 Å². The van der Waals surface area contributed by atoms with Gasteiger partial charge in [-0.3, -0.25) is 5.43 Å². The van der Waals surface area contributed by atoms with Gasteiger partial charge in [-0.2, -0.15) is 15.6 Å². The number of aromatic nitrogens is 2. The molecule has 0 saturated heterocycles. The number of imidazole rings is 1. The molecule has 0 aliphatic heterocycles. The minimum Gasteiger partial charge on any atom is -0.595 e. The summed E-state index contributed by atoms with van der Waals surface area (Å²) in [6, 6.07) is 15.6. The van der Waals surface area contributed by atoms with Crippen molar-refractivity contribution in [1.82, 2.24) is 9.97 Å². The number of H-pyrrole nitrogens is 1. The second-order valence-corrected chi connectivity index (χ2v) is 4.64. The van der Waals surface area contributed by atoms with Crippen LogP contribution in [-0.2, 0) is 0 Å². The average Bonchev–Trinajstić information content (AvgIpc) is 2.99. The molecule has 0 amide bonds. The van der Waals surface area contributed by atoms with Crippen LogP contribution in [0, 0.1) is 16.5 Å². The van der Waals surface area contributed by atoms with Crippen LogP contribution in [-0.4, -0.2) is 20.9 Å². The fraction of sp³-hybridized carbons (Fsp3) is 0. The summed E-state index contributed by atoms with van der Waals surface area (Å²) in [5.74, 6) is 0.314. The summed E-state index contributed by atoms with van der Waals surface area (Å²) in [5.41, 5.74) is 4.51. The standard InChI is InChI=1S/C15H12N6O2/c16-9-13(15-17-10-5-1-2-6-11(10)18-15)20-19-12-7-3-4-8-14(12)21(22)23/h1-8,19,21-22H,(H,17,18). The van der Waals surface area contributed by atoms with Crippen molar-refractivity contribution < 1.29 is 10.4 Å². The number of nitrogens with one attached hydrogen (secondary N) is 3. The van der Waals surface area contributed by atoms with E-state index in [0.29, 0.717) is 11.5 Å². The van der Waals surface area contributed by atoms with E-state index >= 15 is 0 Å². The van der Waals surface area contributed by atoms with Gasteiger partial charge in [-0.1, -0.05) is 24.3 Å². The van der Waals surface area contributed by atoms with Crippen molar-refractivity contribution in [2.24, 2.45) is 5.10 Å². The molecular weight excluding hydrogens is 296 g/mol. The van der Waals surface area contributed by atoms with Gasteiger partial charge in [-0.15, -0.1) is 0 Å². The highest BCUT2D eigenvalue weighted by atomic mass is 16.8. The zero-order valence-electron chi connectivity index (χ0n) is 11.8. The molecule has 8 nitrogen and oxygen atoms in total. The van der Waals surface area contributed by atoms with Crippen LogP contribution in [0.15, 0.2) is 53.6 Å². The lowest BCUT2D eigenvalue weighted by Crippen LogP contribution is -2.99. The first-order chi connectivity index (χ1) is 11.2. The van der Waals surface area contributed by atoms with Crippen molar-refractivity contribution in [3.63, 3.8) is 0 Å². The first-order valence-corrected chi connectivity index (χ1v) is 6.70. The fourth-order valence-electron chi connectivity index (χ4n) is 2.08. The van der Waals surface area contributed by atoms with Gasteiger partial charge in [0.1, 0.15) is 11.8 Å². The Kier molecular flexibility index (Phi) is 3.99. The second kappa shape index (κ2) is 6.25. The quantitative estimate of drug-likeness (QED) is 0.427. The van der Waals surface area contributed by atoms with Crippen LogP contribution >= 0.6 is 0 Å². The summed E-state index contributed by atoms with van der Waals surface area (Å²) in [7, 11) is 0. The number of para-hydroxylation sites is 4. The summed E-state index contributed by atoms with van der Waals surface area (Å²) in [4.78, 5) is 7.29.